The lowest BCUT2D eigenvalue weighted by molar-refractivity contribution is -0.131. The zero-order valence-electron chi connectivity index (χ0n) is 14.6. The van der Waals surface area contributed by atoms with Gasteiger partial charge in [0.2, 0.25) is 0 Å². The van der Waals surface area contributed by atoms with Gasteiger partial charge in [-0.3, -0.25) is 4.79 Å². The quantitative estimate of drug-likeness (QED) is 0.539. The smallest absolute Gasteiger partial charge is 0.345 e. The van der Waals surface area contributed by atoms with E-state index in [0.29, 0.717) is 0 Å². The van der Waals surface area contributed by atoms with E-state index in [0.717, 1.165) is 33.3 Å². The highest BCUT2D eigenvalue weighted by atomic mass is 16.5. The first-order valence-electron chi connectivity index (χ1n) is 7.49. The summed E-state index contributed by atoms with van der Waals surface area (Å²) in [5, 5.41) is 30.3. The van der Waals surface area contributed by atoms with Gasteiger partial charge in [-0.1, -0.05) is 0 Å². The molecule has 142 valence electrons. The number of phenols is 3. The van der Waals surface area contributed by atoms with Gasteiger partial charge in [-0.15, -0.1) is 0 Å². The number of carbonyl (C=O) groups is 3. The number of hydrogen-bond acceptors (Lipinski definition) is 9. The van der Waals surface area contributed by atoms with Crippen LogP contribution in [-0.2, 0) is 14.3 Å². The number of methoxy groups -OCH3 is 2. The molecule has 0 aliphatic carbocycles. The monoisotopic (exact) mass is 376 g/mol. The molecule has 2 rings (SSSR count). The molecule has 0 saturated heterocycles. The fourth-order valence-corrected chi connectivity index (χ4v) is 2.43. The van der Waals surface area contributed by atoms with Crippen LogP contribution in [0.2, 0.25) is 0 Å². The normalized spacial score (nSPS) is 10.2. The van der Waals surface area contributed by atoms with Crippen molar-refractivity contribution in [2.75, 3.05) is 14.2 Å². The average Bonchev–Trinajstić information content (AvgIpc) is 2.61. The first-order chi connectivity index (χ1) is 12.7. The number of aromatic hydroxyl groups is 3. The Morgan fingerprint density at radius 3 is 1.78 bits per heavy atom. The van der Waals surface area contributed by atoms with Gasteiger partial charge < -0.3 is 29.5 Å². The lowest BCUT2D eigenvalue weighted by Crippen LogP contribution is -2.11. The highest BCUT2D eigenvalue weighted by Gasteiger charge is 2.27. The van der Waals surface area contributed by atoms with Crippen molar-refractivity contribution in [3.8, 4) is 34.1 Å². The zero-order chi connectivity index (χ0) is 20.3. The molecule has 0 atom stereocenters. The van der Waals surface area contributed by atoms with Crippen LogP contribution in [0.1, 0.15) is 27.6 Å². The molecule has 9 heteroatoms. The predicted molar refractivity (Wildman–Crippen MR) is 90.9 cm³/mol. The number of rotatable bonds is 4. The van der Waals surface area contributed by atoms with Crippen molar-refractivity contribution in [3.05, 3.63) is 35.4 Å². The Balaban J connectivity index is 2.85. The van der Waals surface area contributed by atoms with Gasteiger partial charge >= 0.3 is 17.9 Å². The van der Waals surface area contributed by atoms with Gasteiger partial charge in [0.25, 0.3) is 0 Å². The third-order valence-corrected chi connectivity index (χ3v) is 3.61. The standard InChI is InChI=1S/C18H16O9/c1-8(19)27-16-10(5-7-12(21)14(16)18(24)26-3)9-4-6-11(20)13(15(9)22)17(23)25-2/h4-7,20-22H,1-3H3. The van der Waals surface area contributed by atoms with Gasteiger partial charge in [0.05, 0.1) is 14.2 Å². The minimum atomic E-state index is -1.01. The van der Waals surface area contributed by atoms with E-state index < -0.39 is 46.3 Å². The van der Waals surface area contributed by atoms with E-state index in [1.54, 1.807) is 0 Å². The van der Waals surface area contributed by atoms with Crippen LogP contribution < -0.4 is 4.74 Å². The third-order valence-electron chi connectivity index (χ3n) is 3.61. The maximum atomic E-state index is 12.0. The molecule has 0 fully saturated rings. The van der Waals surface area contributed by atoms with Gasteiger partial charge in [0, 0.05) is 18.1 Å². The molecule has 2 aromatic rings. The summed E-state index contributed by atoms with van der Waals surface area (Å²) in [4.78, 5) is 35.4. The molecule has 27 heavy (non-hydrogen) atoms. The van der Waals surface area contributed by atoms with Crippen LogP contribution in [0.3, 0.4) is 0 Å². The Morgan fingerprint density at radius 2 is 1.26 bits per heavy atom. The molecule has 3 N–H and O–H groups in total. The van der Waals surface area contributed by atoms with E-state index >= 15 is 0 Å². The van der Waals surface area contributed by atoms with E-state index in [1.807, 2.05) is 0 Å². The van der Waals surface area contributed by atoms with E-state index in [9.17, 15) is 29.7 Å². The molecule has 0 aromatic heterocycles. The van der Waals surface area contributed by atoms with Crippen LogP contribution >= 0.6 is 0 Å². The summed E-state index contributed by atoms with van der Waals surface area (Å²) < 4.78 is 14.2. The van der Waals surface area contributed by atoms with Gasteiger partial charge in [-0.05, 0) is 24.3 Å². The summed E-state index contributed by atoms with van der Waals surface area (Å²) in [5.41, 5.74) is -1.03. The molecule has 0 spiro atoms. The van der Waals surface area contributed by atoms with E-state index in [4.69, 9.17) is 4.74 Å². The van der Waals surface area contributed by atoms with E-state index in [2.05, 4.69) is 9.47 Å². The minimum absolute atomic E-state index is 0.00828. The van der Waals surface area contributed by atoms with Crippen LogP contribution in [0.25, 0.3) is 11.1 Å². The van der Waals surface area contributed by atoms with Crippen LogP contribution in [0, 0.1) is 0 Å². The fourth-order valence-electron chi connectivity index (χ4n) is 2.43. The van der Waals surface area contributed by atoms with Crippen molar-refractivity contribution in [1.82, 2.24) is 0 Å². The van der Waals surface area contributed by atoms with Crippen molar-refractivity contribution in [3.63, 3.8) is 0 Å². The maximum absolute atomic E-state index is 12.0. The summed E-state index contributed by atoms with van der Waals surface area (Å²) in [6.45, 7) is 1.07. The second-order valence-corrected chi connectivity index (χ2v) is 5.27. The molecule has 0 unspecified atom stereocenters. The Morgan fingerprint density at radius 1 is 0.778 bits per heavy atom. The van der Waals surface area contributed by atoms with Crippen molar-refractivity contribution in [2.24, 2.45) is 0 Å². The molecule has 9 nitrogen and oxygen atoms in total. The Bertz CT molecular complexity index is 931. The highest BCUT2D eigenvalue weighted by Crippen LogP contribution is 2.44. The van der Waals surface area contributed by atoms with Crippen molar-refractivity contribution in [2.45, 2.75) is 6.92 Å². The van der Waals surface area contributed by atoms with E-state index in [-0.39, 0.29) is 16.9 Å². The van der Waals surface area contributed by atoms with Gasteiger partial charge in [0.1, 0.15) is 28.4 Å². The maximum Gasteiger partial charge on any atom is 0.345 e. The molecule has 0 aliphatic heterocycles. The number of phenolic OH excluding ortho intramolecular Hbond substituents is 3. The Hall–Kier alpha value is -3.75. The number of esters is 3. The first-order valence-corrected chi connectivity index (χ1v) is 7.49. The van der Waals surface area contributed by atoms with Crippen LogP contribution in [0.15, 0.2) is 24.3 Å². The second kappa shape index (κ2) is 7.65. The number of hydrogen-bond donors (Lipinski definition) is 3. The van der Waals surface area contributed by atoms with Crippen LogP contribution in [-0.4, -0.2) is 47.4 Å². The molecular weight excluding hydrogens is 360 g/mol. The second-order valence-electron chi connectivity index (χ2n) is 5.27. The zero-order valence-corrected chi connectivity index (χ0v) is 14.6. The number of carbonyl (C=O) groups excluding carboxylic acids is 3. The fraction of sp³-hybridized carbons (Fsp3) is 0.167. The van der Waals surface area contributed by atoms with Crippen molar-refractivity contribution in [1.29, 1.82) is 0 Å². The van der Waals surface area contributed by atoms with Gasteiger partial charge in [-0.25, -0.2) is 9.59 Å². The molecule has 0 radical (unpaired) electrons. The summed E-state index contributed by atoms with van der Waals surface area (Å²) in [6, 6.07) is 4.73. The summed E-state index contributed by atoms with van der Waals surface area (Å²) >= 11 is 0. The lowest BCUT2D eigenvalue weighted by atomic mass is 9.97. The first kappa shape index (κ1) is 19.6. The molecule has 0 saturated carbocycles. The summed E-state index contributed by atoms with van der Waals surface area (Å²) in [6.07, 6.45) is 0. The largest absolute Gasteiger partial charge is 0.507 e. The summed E-state index contributed by atoms with van der Waals surface area (Å²) in [7, 11) is 2.13. The molecular formula is C18H16O9. The highest BCUT2D eigenvalue weighted by molar-refractivity contribution is 6.02. The number of benzene rings is 2. The molecule has 0 amide bonds. The molecule has 0 heterocycles. The van der Waals surface area contributed by atoms with Crippen molar-refractivity contribution < 1.29 is 43.9 Å². The van der Waals surface area contributed by atoms with Gasteiger partial charge in [0.15, 0.2) is 5.75 Å². The molecule has 0 aliphatic rings. The SMILES string of the molecule is COC(=O)c1c(O)ccc(-c2ccc(O)c(C(=O)OC)c2OC(C)=O)c1O. The topological polar surface area (TPSA) is 140 Å². The summed E-state index contributed by atoms with van der Waals surface area (Å²) in [5.74, 6) is -4.91. The van der Waals surface area contributed by atoms with E-state index in [1.165, 1.54) is 12.1 Å². The molecule has 2 aromatic carbocycles. The van der Waals surface area contributed by atoms with Gasteiger partial charge in [-0.2, -0.15) is 0 Å². The predicted octanol–water partition coefficient (Wildman–Crippen LogP) is 1.97. The average molecular weight is 376 g/mol. The minimum Gasteiger partial charge on any atom is -0.507 e. The Kier molecular flexibility index (Phi) is 5.54. The Labute approximate surface area is 153 Å². The van der Waals surface area contributed by atoms with Crippen molar-refractivity contribution >= 4 is 17.9 Å². The lowest BCUT2D eigenvalue weighted by Gasteiger charge is -2.16. The van der Waals surface area contributed by atoms with Crippen LogP contribution in [0.5, 0.6) is 23.0 Å². The molecule has 0 bridgehead atoms. The van der Waals surface area contributed by atoms with Crippen LogP contribution in [0.4, 0.5) is 0 Å². The number of ether oxygens (including phenoxy) is 3. The third kappa shape index (κ3) is 3.61.